The average Bonchev–Trinajstić information content (AvgIpc) is 3.15. The molecule has 21 heavy (non-hydrogen) atoms. The zero-order chi connectivity index (χ0) is 14.8. The summed E-state index contributed by atoms with van der Waals surface area (Å²) in [5.41, 5.74) is 7.22. The fourth-order valence-electron chi connectivity index (χ4n) is 2.55. The molecule has 3 rings (SSSR count). The Morgan fingerprint density at radius 1 is 1.29 bits per heavy atom. The molecule has 1 fully saturated rings. The second kappa shape index (κ2) is 5.43. The van der Waals surface area contributed by atoms with Crippen molar-refractivity contribution >= 4 is 17.6 Å². The van der Waals surface area contributed by atoms with E-state index in [1.54, 1.807) is 29.2 Å². The third-order valence-electron chi connectivity index (χ3n) is 3.61. The van der Waals surface area contributed by atoms with Gasteiger partial charge in [0.05, 0.1) is 12.8 Å². The van der Waals surface area contributed by atoms with Gasteiger partial charge in [-0.25, -0.2) is 9.48 Å². The van der Waals surface area contributed by atoms with Crippen LogP contribution in [0.1, 0.15) is 23.2 Å². The largest absolute Gasteiger partial charge is 0.465 e. The molecule has 0 saturated carbocycles. The van der Waals surface area contributed by atoms with Crippen molar-refractivity contribution in [3.63, 3.8) is 0 Å². The Bertz CT molecular complexity index is 647. The summed E-state index contributed by atoms with van der Waals surface area (Å²) in [6, 6.07) is 3.58. The van der Waals surface area contributed by atoms with Crippen molar-refractivity contribution in [3.8, 4) is 5.69 Å². The number of carbonyl (C=O) groups excluding carboxylic acids is 1. The summed E-state index contributed by atoms with van der Waals surface area (Å²) in [7, 11) is 1.35. The highest BCUT2D eigenvalue weighted by Crippen LogP contribution is 2.30. The molecule has 0 atom stereocenters. The first-order valence-corrected chi connectivity index (χ1v) is 6.84. The summed E-state index contributed by atoms with van der Waals surface area (Å²) in [6.07, 6.45) is 5.48. The van der Waals surface area contributed by atoms with Crippen molar-refractivity contribution in [1.82, 2.24) is 14.8 Å². The summed E-state index contributed by atoms with van der Waals surface area (Å²) in [6.45, 7) is 1.74. The Morgan fingerprint density at radius 2 is 1.95 bits per heavy atom. The first kappa shape index (κ1) is 13.4. The molecule has 0 unspecified atom stereocenters. The van der Waals surface area contributed by atoms with Crippen molar-refractivity contribution < 1.29 is 9.53 Å². The maximum absolute atomic E-state index is 12.1. The molecular weight excluding hydrogens is 270 g/mol. The zero-order valence-electron chi connectivity index (χ0n) is 11.8. The molecule has 2 aromatic rings. The lowest BCUT2D eigenvalue weighted by Crippen LogP contribution is -2.21. The van der Waals surface area contributed by atoms with Crippen LogP contribution in [0.25, 0.3) is 5.69 Å². The third-order valence-corrected chi connectivity index (χ3v) is 3.61. The second-order valence-electron chi connectivity index (χ2n) is 4.89. The average molecular weight is 287 g/mol. The van der Waals surface area contributed by atoms with Gasteiger partial charge in [-0.15, -0.1) is 5.10 Å². The van der Waals surface area contributed by atoms with Crippen molar-refractivity contribution in [2.75, 3.05) is 30.8 Å². The fraction of sp³-hybridized carbons (Fsp3) is 0.357. The summed E-state index contributed by atoms with van der Waals surface area (Å²) >= 11 is 0. The lowest BCUT2D eigenvalue weighted by atomic mass is 10.3. The van der Waals surface area contributed by atoms with E-state index < -0.39 is 5.97 Å². The lowest BCUT2D eigenvalue weighted by Gasteiger charge is -2.15. The minimum absolute atomic E-state index is 0.287. The van der Waals surface area contributed by atoms with Crippen LogP contribution >= 0.6 is 0 Å². The molecule has 1 aliphatic heterocycles. The number of anilines is 2. The van der Waals surface area contributed by atoms with Gasteiger partial charge in [0.2, 0.25) is 0 Å². The van der Waals surface area contributed by atoms with Gasteiger partial charge in [-0.1, -0.05) is 0 Å². The zero-order valence-corrected chi connectivity index (χ0v) is 11.8. The van der Waals surface area contributed by atoms with Crippen LogP contribution in [-0.2, 0) is 4.74 Å². The van der Waals surface area contributed by atoms with E-state index in [-0.39, 0.29) is 5.82 Å². The number of pyridine rings is 1. The van der Waals surface area contributed by atoms with Crippen LogP contribution in [0.5, 0.6) is 0 Å². The van der Waals surface area contributed by atoms with Gasteiger partial charge in [0.25, 0.3) is 0 Å². The molecule has 0 aromatic carbocycles. The van der Waals surface area contributed by atoms with E-state index >= 15 is 0 Å². The minimum Gasteiger partial charge on any atom is -0.465 e. The highest BCUT2D eigenvalue weighted by molar-refractivity contribution is 6.00. The van der Waals surface area contributed by atoms with Crippen LogP contribution in [0.2, 0.25) is 0 Å². The predicted octanol–water partition coefficient (Wildman–Crippen LogP) is 1.24. The number of carbonyl (C=O) groups is 1. The molecular formula is C14H17N5O2. The number of nitrogen functional groups attached to an aromatic ring is 1. The number of ether oxygens (including phenoxy) is 1. The summed E-state index contributed by atoms with van der Waals surface area (Å²) < 4.78 is 6.41. The van der Waals surface area contributed by atoms with Crippen LogP contribution in [0.15, 0.2) is 24.5 Å². The Kier molecular flexibility index (Phi) is 3.47. The molecule has 3 heterocycles. The van der Waals surface area contributed by atoms with Crippen molar-refractivity contribution in [3.05, 3.63) is 30.1 Å². The van der Waals surface area contributed by atoms with Gasteiger partial charge in [0.15, 0.2) is 5.82 Å². The van der Waals surface area contributed by atoms with E-state index in [2.05, 4.69) is 15.0 Å². The first-order valence-electron chi connectivity index (χ1n) is 6.84. The summed E-state index contributed by atoms with van der Waals surface area (Å²) in [5, 5.41) is 4.52. The van der Waals surface area contributed by atoms with Crippen molar-refractivity contribution in [1.29, 1.82) is 0 Å². The summed E-state index contributed by atoms with van der Waals surface area (Å²) in [4.78, 5) is 18.1. The summed E-state index contributed by atoms with van der Waals surface area (Å²) in [5.74, 6) is 0.415. The molecule has 1 aliphatic rings. The second-order valence-corrected chi connectivity index (χ2v) is 4.89. The highest BCUT2D eigenvalue weighted by atomic mass is 16.5. The maximum atomic E-state index is 12.1. The van der Waals surface area contributed by atoms with Crippen LogP contribution in [-0.4, -0.2) is 40.9 Å². The lowest BCUT2D eigenvalue weighted by molar-refractivity contribution is 0.0602. The van der Waals surface area contributed by atoms with Crippen LogP contribution in [0, 0.1) is 0 Å². The van der Waals surface area contributed by atoms with Crippen LogP contribution in [0.4, 0.5) is 11.6 Å². The molecule has 2 aromatic heterocycles. The van der Waals surface area contributed by atoms with E-state index in [1.165, 1.54) is 7.11 Å². The van der Waals surface area contributed by atoms with E-state index in [0.29, 0.717) is 11.4 Å². The normalized spacial score (nSPS) is 14.4. The monoisotopic (exact) mass is 287 g/mol. The van der Waals surface area contributed by atoms with E-state index in [1.807, 2.05) is 0 Å². The molecule has 1 saturated heterocycles. The van der Waals surface area contributed by atoms with Gasteiger partial charge < -0.3 is 15.4 Å². The number of hydrogen-bond acceptors (Lipinski definition) is 6. The van der Waals surface area contributed by atoms with E-state index in [9.17, 15) is 4.79 Å². The molecule has 0 amide bonds. The molecule has 2 N–H and O–H groups in total. The molecule has 0 bridgehead atoms. The smallest absolute Gasteiger partial charge is 0.345 e. The Labute approximate surface area is 122 Å². The number of rotatable bonds is 3. The SMILES string of the molecule is COC(=O)c1c(N2CCCC2)nn(-c2ccncc2)c1N. The Morgan fingerprint density at radius 3 is 2.57 bits per heavy atom. The van der Waals surface area contributed by atoms with E-state index in [4.69, 9.17) is 10.5 Å². The molecule has 0 radical (unpaired) electrons. The van der Waals surface area contributed by atoms with Gasteiger partial charge in [-0.3, -0.25) is 4.98 Å². The standard InChI is InChI=1S/C14H17N5O2/c1-21-14(20)11-12(15)19(10-4-6-16-7-5-10)17-13(11)18-8-2-3-9-18/h4-7H,2-3,8-9,15H2,1H3. The van der Waals surface area contributed by atoms with Gasteiger partial charge in [0.1, 0.15) is 11.4 Å². The minimum atomic E-state index is -0.463. The number of methoxy groups -OCH3 is 1. The topological polar surface area (TPSA) is 86.3 Å². The number of aromatic nitrogens is 3. The first-order chi connectivity index (χ1) is 10.2. The van der Waals surface area contributed by atoms with Gasteiger partial charge >= 0.3 is 5.97 Å². The number of nitrogens with zero attached hydrogens (tertiary/aromatic N) is 4. The predicted molar refractivity (Wildman–Crippen MR) is 78.6 cm³/mol. The Balaban J connectivity index is 2.12. The van der Waals surface area contributed by atoms with E-state index in [0.717, 1.165) is 31.6 Å². The number of nitrogens with two attached hydrogens (primary N) is 1. The van der Waals surface area contributed by atoms with Crippen molar-refractivity contribution in [2.45, 2.75) is 12.8 Å². The maximum Gasteiger partial charge on any atom is 0.345 e. The van der Waals surface area contributed by atoms with Crippen molar-refractivity contribution in [2.24, 2.45) is 0 Å². The van der Waals surface area contributed by atoms with Gasteiger partial charge in [-0.2, -0.15) is 0 Å². The highest BCUT2D eigenvalue weighted by Gasteiger charge is 2.28. The molecule has 7 nitrogen and oxygen atoms in total. The van der Waals surface area contributed by atoms with Crippen LogP contribution < -0.4 is 10.6 Å². The number of esters is 1. The van der Waals surface area contributed by atoms with Gasteiger partial charge in [0, 0.05) is 25.5 Å². The third kappa shape index (κ3) is 2.31. The number of hydrogen-bond donors (Lipinski definition) is 1. The molecule has 7 heteroatoms. The van der Waals surface area contributed by atoms with Gasteiger partial charge in [-0.05, 0) is 25.0 Å². The van der Waals surface area contributed by atoms with Crippen LogP contribution in [0.3, 0.4) is 0 Å². The quantitative estimate of drug-likeness (QED) is 0.855. The fourth-order valence-corrected chi connectivity index (χ4v) is 2.55. The Hall–Kier alpha value is -2.57. The molecule has 110 valence electrons. The molecule has 0 aliphatic carbocycles. The molecule has 0 spiro atoms.